The molecule has 0 spiro atoms. The molecule has 4 aliphatic rings. The van der Waals surface area contributed by atoms with Gasteiger partial charge in [-0.15, -0.1) is 0 Å². The molecule has 0 aromatic rings. The summed E-state index contributed by atoms with van der Waals surface area (Å²) in [5, 5.41) is 10.3. The second-order valence-corrected chi connectivity index (χ2v) is 10.6. The average molecular weight is 363 g/mol. The Morgan fingerprint density at radius 2 is 1.58 bits per heavy atom. The summed E-state index contributed by atoms with van der Waals surface area (Å²) in [4.78, 5) is 12.2. The van der Waals surface area contributed by atoms with Crippen molar-refractivity contribution in [3.05, 3.63) is 0 Å². The van der Waals surface area contributed by atoms with Gasteiger partial charge in [-0.25, -0.2) is 0 Å². The van der Waals surface area contributed by atoms with Gasteiger partial charge in [0.05, 0.1) is 6.10 Å². The molecule has 150 valence electrons. The van der Waals surface area contributed by atoms with Crippen LogP contribution < -0.4 is 0 Å². The molecule has 4 rings (SSSR count). The molecule has 0 aromatic carbocycles. The fourth-order valence-electron chi connectivity index (χ4n) is 8.28. The van der Waals surface area contributed by atoms with Crippen LogP contribution in [0.4, 0.5) is 0 Å². The number of aliphatic hydroxyl groups is 1. The average Bonchev–Trinajstić information content (AvgIpc) is 2.95. The van der Waals surface area contributed by atoms with Crippen molar-refractivity contribution in [1.82, 2.24) is 0 Å². The number of carbonyl (C=O) groups is 1. The fourth-order valence-corrected chi connectivity index (χ4v) is 8.28. The third kappa shape index (κ3) is 2.73. The highest BCUT2D eigenvalue weighted by Gasteiger charge is 2.63. The summed E-state index contributed by atoms with van der Waals surface area (Å²) in [5.41, 5.74) is 0.980. The van der Waals surface area contributed by atoms with Crippen molar-refractivity contribution < 1.29 is 9.90 Å². The number of fused-ring (bicyclic) bond motifs is 5. The van der Waals surface area contributed by atoms with Crippen LogP contribution in [0.5, 0.6) is 0 Å². The van der Waals surface area contributed by atoms with Gasteiger partial charge in [0.1, 0.15) is 5.78 Å². The van der Waals surface area contributed by atoms with Crippen LogP contribution in [0, 0.1) is 39.9 Å². The van der Waals surface area contributed by atoms with Crippen molar-refractivity contribution in [1.29, 1.82) is 0 Å². The first-order valence-electron chi connectivity index (χ1n) is 11.4. The molecular weight excluding hydrogens is 320 g/mol. The van der Waals surface area contributed by atoms with Crippen molar-refractivity contribution in [2.75, 3.05) is 0 Å². The highest BCUT2D eigenvalue weighted by Crippen LogP contribution is 2.70. The van der Waals surface area contributed by atoms with E-state index in [0.717, 1.165) is 37.0 Å². The minimum absolute atomic E-state index is 0.0814. The number of hydrogen-bond acceptors (Lipinski definition) is 2. The molecular formula is C24H42O2. The quantitative estimate of drug-likeness (QED) is 0.620. The molecule has 4 fully saturated rings. The molecule has 8 atom stereocenters. The van der Waals surface area contributed by atoms with Crippen LogP contribution in [-0.4, -0.2) is 17.0 Å². The van der Waals surface area contributed by atoms with Crippen LogP contribution in [0.1, 0.15) is 99.3 Å². The lowest BCUT2D eigenvalue weighted by atomic mass is 9.40. The van der Waals surface area contributed by atoms with Crippen molar-refractivity contribution in [2.24, 2.45) is 39.9 Å². The van der Waals surface area contributed by atoms with Gasteiger partial charge in [-0.1, -0.05) is 34.6 Å². The summed E-state index contributed by atoms with van der Waals surface area (Å²) in [6.07, 6.45) is 10.7. The van der Waals surface area contributed by atoms with Gasteiger partial charge >= 0.3 is 0 Å². The molecule has 8 unspecified atom stereocenters. The maximum atomic E-state index is 12.2. The van der Waals surface area contributed by atoms with Crippen LogP contribution >= 0.6 is 0 Å². The van der Waals surface area contributed by atoms with Gasteiger partial charge in [-0.05, 0) is 98.7 Å². The highest BCUT2D eigenvalue weighted by atomic mass is 16.3. The second kappa shape index (κ2) is 6.90. The third-order valence-electron chi connectivity index (χ3n) is 9.84. The Morgan fingerprint density at radius 1 is 0.885 bits per heavy atom. The van der Waals surface area contributed by atoms with Crippen LogP contribution in [0.25, 0.3) is 0 Å². The molecule has 0 saturated heterocycles. The molecule has 26 heavy (non-hydrogen) atoms. The van der Waals surface area contributed by atoms with Gasteiger partial charge < -0.3 is 5.11 Å². The summed E-state index contributed by atoms with van der Waals surface area (Å²) in [5.74, 6) is 3.15. The predicted molar refractivity (Wildman–Crippen MR) is 108 cm³/mol. The van der Waals surface area contributed by atoms with Gasteiger partial charge in [0, 0.05) is 5.92 Å². The number of carbonyl (C=O) groups excluding carboxylic acids is 1. The van der Waals surface area contributed by atoms with Crippen molar-refractivity contribution in [2.45, 2.75) is 105 Å². The number of rotatable bonds is 1. The molecule has 0 heterocycles. The largest absolute Gasteiger partial charge is 0.393 e. The smallest absolute Gasteiger partial charge is 0.133 e. The van der Waals surface area contributed by atoms with Gasteiger partial charge in [-0.3, -0.25) is 4.79 Å². The third-order valence-corrected chi connectivity index (χ3v) is 9.84. The van der Waals surface area contributed by atoms with Gasteiger partial charge in [0.2, 0.25) is 0 Å². The molecule has 0 radical (unpaired) electrons. The number of Topliss-reactive ketones (excluding diaryl/α,β-unsaturated/α-hetero) is 1. The van der Waals surface area contributed by atoms with Crippen LogP contribution in [0.3, 0.4) is 0 Å². The van der Waals surface area contributed by atoms with E-state index < -0.39 is 0 Å². The normalized spacial score (nSPS) is 52.8. The molecule has 0 aliphatic heterocycles. The number of ketones is 1. The lowest BCUT2D eigenvalue weighted by Crippen LogP contribution is -2.58. The minimum atomic E-state index is -0.0814. The highest BCUT2D eigenvalue weighted by molar-refractivity contribution is 5.79. The maximum Gasteiger partial charge on any atom is 0.133 e. The zero-order valence-electron chi connectivity index (χ0n) is 18.1. The Hall–Kier alpha value is -0.370. The molecule has 4 aliphatic carbocycles. The first-order chi connectivity index (χ1) is 12.2. The molecule has 2 heteroatoms. The Labute approximate surface area is 161 Å². The van der Waals surface area contributed by atoms with E-state index in [-0.39, 0.29) is 11.5 Å². The number of hydrogen-bond donors (Lipinski definition) is 1. The van der Waals surface area contributed by atoms with E-state index in [9.17, 15) is 9.90 Å². The first-order valence-corrected chi connectivity index (χ1v) is 11.4. The SMILES string of the molecule is CC.CC(=O)C1CCC2C3CCC4(C)CC(O)CCC4(C)C3CCC12C. The van der Waals surface area contributed by atoms with Crippen molar-refractivity contribution >= 4 is 5.78 Å². The standard InChI is InChI=1S/C22H36O2.C2H6/c1-14(23)17-5-6-18-16-8-10-20(2)13-15(24)7-12-22(20,4)19(16)9-11-21(17,18)3;1-2/h15-19,24H,5-13H2,1-4H3;1-2H3. The summed E-state index contributed by atoms with van der Waals surface area (Å²) in [7, 11) is 0. The van der Waals surface area contributed by atoms with E-state index in [4.69, 9.17) is 0 Å². The Morgan fingerprint density at radius 3 is 2.23 bits per heavy atom. The molecule has 1 N–H and O–H groups in total. The lowest BCUT2D eigenvalue weighted by Gasteiger charge is -2.65. The van der Waals surface area contributed by atoms with E-state index in [1.165, 1.54) is 38.5 Å². The lowest BCUT2D eigenvalue weighted by molar-refractivity contribution is -0.171. The van der Waals surface area contributed by atoms with Crippen LogP contribution in [0.2, 0.25) is 0 Å². The maximum absolute atomic E-state index is 12.2. The van der Waals surface area contributed by atoms with E-state index in [1.54, 1.807) is 0 Å². The molecule has 0 amide bonds. The van der Waals surface area contributed by atoms with Gasteiger partial charge in [0.15, 0.2) is 0 Å². The van der Waals surface area contributed by atoms with Crippen LogP contribution in [0.15, 0.2) is 0 Å². The van der Waals surface area contributed by atoms with Gasteiger partial charge in [-0.2, -0.15) is 0 Å². The van der Waals surface area contributed by atoms with Crippen molar-refractivity contribution in [3.63, 3.8) is 0 Å². The number of aliphatic hydroxyl groups excluding tert-OH is 1. The van der Waals surface area contributed by atoms with E-state index in [2.05, 4.69) is 20.8 Å². The van der Waals surface area contributed by atoms with Gasteiger partial charge in [0.25, 0.3) is 0 Å². The topological polar surface area (TPSA) is 37.3 Å². The minimum Gasteiger partial charge on any atom is -0.393 e. The molecule has 0 aromatic heterocycles. The van der Waals surface area contributed by atoms with E-state index >= 15 is 0 Å². The van der Waals surface area contributed by atoms with E-state index in [0.29, 0.717) is 22.5 Å². The zero-order chi connectivity index (χ0) is 19.3. The molecule has 2 nitrogen and oxygen atoms in total. The predicted octanol–water partition coefficient (Wildman–Crippen LogP) is 6.01. The Kier molecular flexibility index (Phi) is 5.41. The molecule has 4 saturated carbocycles. The monoisotopic (exact) mass is 362 g/mol. The Bertz CT molecular complexity index is 542. The van der Waals surface area contributed by atoms with Crippen LogP contribution in [-0.2, 0) is 4.79 Å². The second-order valence-electron chi connectivity index (χ2n) is 10.6. The first kappa shape index (κ1) is 20.4. The van der Waals surface area contributed by atoms with E-state index in [1.807, 2.05) is 20.8 Å². The van der Waals surface area contributed by atoms with Crippen molar-refractivity contribution in [3.8, 4) is 0 Å². The summed E-state index contributed by atoms with van der Waals surface area (Å²) < 4.78 is 0. The molecule has 0 bridgehead atoms. The summed E-state index contributed by atoms with van der Waals surface area (Å²) in [6.45, 7) is 13.3. The summed E-state index contributed by atoms with van der Waals surface area (Å²) >= 11 is 0. The summed E-state index contributed by atoms with van der Waals surface area (Å²) in [6, 6.07) is 0. The fraction of sp³-hybridized carbons (Fsp3) is 0.958. The zero-order valence-corrected chi connectivity index (χ0v) is 18.1. The Balaban J connectivity index is 0.000000948.